The summed E-state index contributed by atoms with van der Waals surface area (Å²) in [4.78, 5) is 30.2. The number of nitrogens with zero attached hydrogens (tertiary/aromatic N) is 4. The summed E-state index contributed by atoms with van der Waals surface area (Å²) >= 11 is 0. The minimum absolute atomic E-state index is 0.0955. The van der Waals surface area contributed by atoms with Gasteiger partial charge in [-0.05, 0) is 74.2 Å². The number of nitrogens with one attached hydrogen (secondary N) is 1. The first kappa shape index (κ1) is 26.4. The number of rotatable bonds is 8. The van der Waals surface area contributed by atoms with Gasteiger partial charge in [-0.1, -0.05) is 60.9 Å². The Hall–Kier alpha value is -4.20. The molecule has 1 aromatic heterocycles. The second kappa shape index (κ2) is 11.7. The Kier molecular flexibility index (Phi) is 7.91. The van der Waals surface area contributed by atoms with Crippen molar-refractivity contribution in [2.45, 2.75) is 64.1 Å². The molecule has 1 aliphatic rings. The molecule has 0 aliphatic heterocycles. The summed E-state index contributed by atoms with van der Waals surface area (Å²) in [5.74, 6) is 0.231. The second-order valence-electron chi connectivity index (χ2n) is 10.3. The Bertz CT molecular complexity index is 1440. The monoisotopic (exact) mass is 525 g/mol. The van der Waals surface area contributed by atoms with Crippen molar-refractivity contribution in [3.8, 4) is 5.75 Å². The highest BCUT2D eigenvalue weighted by Crippen LogP contribution is 2.33. The lowest BCUT2D eigenvalue weighted by Crippen LogP contribution is -2.49. The van der Waals surface area contributed by atoms with E-state index >= 15 is 0 Å². The van der Waals surface area contributed by atoms with E-state index in [-0.39, 0.29) is 17.9 Å². The Morgan fingerprint density at radius 1 is 1.00 bits per heavy atom. The van der Waals surface area contributed by atoms with Crippen LogP contribution in [0.5, 0.6) is 5.75 Å². The van der Waals surface area contributed by atoms with Gasteiger partial charge in [-0.3, -0.25) is 14.5 Å². The minimum Gasteiger partial charge on any atom is -0.497 e. The molecule has 2 amide bonds. The second-order valence-corrected chi connectivity index (χ2v) is 10.3. The van der Waals surface area contributed by atoms with Gasteiger partial charge in [0.2, 0.25) is 5.91 Å². The number of benzene rings is 3. The Labute approximate surface area is 229 Å². The molecule has 5 rings (SSSR count). The summed E-state index contributed by atoms with van der Waals surface area (Å²) in [5, 5.41) is 11.8. The molecule has 1 saturated carbocycles. The standard InChI is InChI=1S/C31H35N5O3/c1-21-10-9-13-25(20-21)35(31(38)22(2)36-28-15-8-7-14-27(28)33-34-36)29(23-16-18-26(39-3)19-17-23)30(37)32-24-11-5-4-6-12-24/h7-10,13-20,22,24,29H,4-6,11-12H2,1-3H3,(H,32,37). The van der Waals surface area contributed by atoms with Crippen LogP contribution in [0.2, 0.25) is 0 Å². The van der Waals surface area contributed by atoms with Crippen LogP contribution < -0.4 is 15.0 Å². The molecule has 8 nitrogen and oxygen atoms in total. The fraction of sp³-hybridized carbons (Fsp3) is 0.355. The number of hydrogen-bond acceptors (Lipinski definition) is 5. The van der Waals surface area contributed by atoms with Crippen LogP contribution in [-0.2, 0) is 9.59 Å². The zero-order chi connectivity index (χ0) is 27.4. The van der Waals surface area contributed by atoms with E-state index in [1.807, 2.05) is 79.7 Å². The molecule has 1 heterocycles. The summed E-state index contributed by atoms with van der Waals surface area (Å²) in [5.41, 5.74) is 3.81. The minimum atomic E-state index is -0.885. The number of fused-ring (bicyclic) bond motifs is 1. The van der Waals surface area contributed by atoms with Gasteiger partial charge in [0.1, 0.15) is 23.3 Å². The van der Waals surface area contributed by atoms with Crippen LogP contribution in [0.4, 0.5) is 5.69 Å². The van der Waals surface area contributed by atoms with E-state index in [4.69, 9.17) is 4.74 Å². The van der Waals surface area contributed by atoms with Gasteiger partial charge in [0.15, 0.2) is 0 Å². The maximum absolute atomic E-state index is 14.5. The number of carbonyl (C=O) groups excluding carboxylic acids is 2. The lowest BCUT2D eigenvalue weighted by Gasteiger charge is -2.35. The lowest BCUT2D eigenvalue weighted by atomic mass is 9.94. The number of anilines is 1. The van der Waals surface area contributed by atoms with Gasteiger partial charge in [-0.2, -0.15) is 0 Å². The van der Waals surface area contributed by atoms with Gasteiger partial charge in [0.05, 0.1) is 12.6 Å². The molecule has 3 aromatic carbocycles. The molecule has 202 valence electrons. The van der Waals surface area contributed by atoms with Crippen molar-refractivity contribution >= 4 is 28.5 Å². The topological polar surface area (TPSA) is 89.4 Å². The van der Waals surface area contributed by atoms with Crippen LogP contribution in [0, 0.1) is 6.92 Å². The summed E-state index contributed by atoms with van der Waals surface area (Å²) in [7, 11) is 1.61. The van der Waals surface area contributed by atoms with Crippen molar-refractivity contribution in [3.05, 3.63) is 83.9 Å². The van der Waals surface area contributed by atoms with Crippen LogP contribution >= 0.6 is 0 Å². The molecule has 4 aromatic rings. The molecule has 0 radical (unpaired) electrons. The average molecular weight is 526 g/mol. The maximum Gasteiger partial charge on any atom is 0.252 e. The molecule has 39 heavy (non-hydrogen) atoms. The molecule has 2 unspecified atom stereocenters. The number of methoxy groups -OCH3 is 1. The van der Waals surface area contributed by atoms with Crippen LogP contribution in [0.3, 0.4) is 0 Å². The Morgan fingerprint density at radius 2 is 1.74 bits per heavy atom. The van der Waals surface area contributed by atoms with Gasteiger partial charge in [0, 0.05) is 11.7 Å². The number of hydrogen-bond donors (Lipinski definition) is 1. The van der Waals surface area contributed by atoms with Crippen LogP contribution in [0.25, 0.3) is 11.0 Å². The van der Waals surface area contributed by atoms with Crippen LogP contribution in [-0.4, -0.2) is 40.0 Å². The highest BCUT2D eigenvalue weighted by atomic mass is 16.5. The van der Waals surface area contributed by atoms with E-state index in [0.717, 1.165) is 36.8 Å². The summed E-state index contributed by atoms with van der Waals surface area (Å²) < 4.78 is 7.00. The van der Waals surface area contributed by atoms with Crippen molar-refractivity contribution in [2.75, 3.05) is 12.0 Å². The van der Waals surface area contributed by atoms with E-state index < -0.39 is 12.1 Å². The van der Waals surface area contributed by atoms with Crippen molar-refractivity contribution in [1.29, 1.82) is 0 Å². The molecule has 8 heteroatoms. The van der Waals surface area contributed by atoms with Crippen molar-refractivity contribution in [3.63, 3.8) is 0 Å². The molecule has 1 N–H and O–H groups in total. The summed E-state index contributed by atoms with van der Waals surface area (Å²) in [6.45, 7) is 3.78. The lowest BCUT2D eigenvalue weighted by molar-refractivity contribution is -0.128. The molecular weight excluding hydrogens is 490 g/mol. The number of ether oxygens (including phenoxy) is 1. The fourth-order valence-corrected chi connectivity index (χ4v) is 5.39. The van der Waals surface area contributed by atoms with E-state index in [1.165, 1.54) is 6.42 Å². The predicted octanol–water partition coefficient (Wildman–Crippen LogP) is 5.53. The van der Waals surface area contributed by atoms with Gasteiger partial charge < -0.3 is 10.1 Å². The first-order valence-corrected chi connectivity index (χ1v) is 13.6. The fourth-order valence-electron chi connectivity index (χ4n) is 5.39. The van der Waals surface area contributed by atoms with Gasteiger partial charge >= 0.3 is 0 Å². The zero-order valence-electron chi connectivity index (χ0n) is 22.7. The SMILES string of the molecule is COc1ccc(C(C(=O)NC2CCCCC2)N(C(=O)C(C)n2nnc3ccccc32)c2cccc(C)c2)cc1. The van der Waals surface area contributed by atoms with Gasteiger partial charge in [-0.15, -0.1) is 5.10 Å². The molecule has 1 aliphatic carbocycles. The first-order chi connectivity index (χ1) is 19.0. The number of aromatic nitrogens is 3. The molecular formula is C31H35N5O3. The van der Waals surface area contributed by atoms with Gasteiger partial charge in [0.25, 0.3) is 5.91 Å². The molecule has 2 atom stereocenters. The van der Waals surface area contributed by atoms with Crippen molar-refractivity contribution in [2.24, 2.45) is 0 Å². The molecule has 0 saturated heterocycles. The van der Waals surface area contributed by atoms with Crippen molar-refractivity contribution in [1.82, 2.24) is 20.3 Å². The third-order valence-corrected chi connectivity index (χ3v) is 7.51. The van der Waals surface area contributed by atoms with E-state index in [2.05, 4.69) is 15.6 Å². The van der Waals surface area contributed by atoms with E-state index in [0.29, 0.717) is 22.5 Å². The van der Waals surface area contributed by atoms with E-state index in [9.17, 15) is 9.59 Å². The largest absolute Gasteiger partial charge is 0.497 e. The number of amides is 2. The first-order valence-electron chi connectivity index (χ1n) is 13.6. The van der Waals surface area contributed by atoms with Crippen molar-refractivity contribution < 1.29 is 14.3 Å². The molecule has 1 fully saturated rings. The highest BCUT2D eigenvalue weighted by Gasteiger charge is 2.37. The highest BCUT2D eigenvalue weighted by molar-refractivity contribution is 6.03. The van der Waals surface area contributed by atoms with E-state index in [1.54, 1.807) is 23.6 Å². The predicted molar refractivity (Wildman–Crippen MR) is 152 cm³/mol. The van der Waals surface area contributed by atoms with Crippen LogP contribution in [0.1, 0.15) is 62.2 Å². The Morgan fingerprint density at radius 3 is 2.46 bits per heavy atom. The normalized spacial score (nSPS) is 15.5. The molecule has 0 spiro atoms. The molecule has 0 bridgehead atoms. The number of para-hydroxylation sites is 1. The number of aryl methyl sites for hydroxylation is 1. The van der Waals surface area contributed by atoms with Crippen LogP contribution in [0.15, 0.2) is 72.8 Å². The smallest absolute Gasteiger partial charge is 0.252 e. The third kappa shape index (κ3) is 5.65. The summed E-state index contributed by atoms with van der Waals surface area (Å²) in [6, 6.07) is 21.1. The van der Waals surface area contributed by atoms with Gasteiger partial charge in [-0.25, -0.2) is 4.68 Å². The third-order valence-electron chi connectivity index (χ3n) is 7.51. The zero-order valence-corrected chi connectivity index (χ0v) is 22.7. The average Bonchev–Trinajstić information content (AvgIpc) is 3.40. The Balaban J connectivity index is 1.60. The quantitative estimate of drug-likeness (QED) is 0.327. The maximum atomic E-state index is 14.5. The number of carbonyl (C=O) groups is 2. The summed E-state index contributed by atoms with van der Waals surface area (Å²) in [6.07, 6.45) is 5.26.